The average molecular weight is 974 g/mol. The predicted molar refractivity (Wildman–Crippen MR) is 262 cm³/mol. The lowest BCUT2D eigenvalue weighted by molar-refractivity contribution is -0.263. The fourth-order valence-corrected chi connectivity index (χ4v) is 11.5. The number of hydrogen-bond donors (Lipinski definition) is 3. The molecular formula is C53H83NO13S. The summed E-state index contributed by atoms with van der Waals surface area (Å²) in [6.07, 6.45) is 12.2. The Morgan fingerprint density at radius 3 is 2.31 bits per heavy atom. The number of methoxy groups -OCH3 is 3. The van der Waals surface area contributed by atoms with Crippen molar-refractivity contribution in [2.24, 2.45) is 35.5 Å². The van der Waals surface area contributed by atoms with E-state index >= 15 is 0 Å². The Morgan fingerprint density at radius 2 is 1.62 bits per heavy atom. The molecule has 3 aliphatic heterocycles. The number of nitrogens with zero attached hydrogens (tertiary/aromatic N) is 1. The Balaban J connectivity index is 1.72. The first kappa shape index (κ1) is 57.6. The molecule has 1 amide bonds. The van der Waals surface area contributed by atoms with Crippen LogP contribution >= 0.6 is 11.8 Å². The first-order chi connectivity index (χ1) is 32.2. The third-order valence-electron chi connectivity index (χ3n) is 14.8. The molecule has 0 radical (unpaired) electrons. The van der Waals surface area contributed by atoms with Crippen molar-refractivity contribution in [3.05, 3.63) is 47.6 Å². The highest BCUT2D eigenvalue weighted by atomic mass is 32.2. The number of fused-ring (bicyclic) bond motifs is 3. The van der Waals surface area contributed by atoms with Crippen molar-refractivity contribution in [3.8, 4) is 0 Å². The summed E-state index contributed by atoms with van der Waals surface area (Å²) >= 11 is 1.68. The second-order valence-electron chi connectivity index (χ2n) is 20.2. The number of piperidine rings is 1. The van der Waals surface area contributed by atoms with Gasteiger partial charge in [0.15, 0.2) is 5.78 Å². The van der Waals surface area contributed by atoms with E-state index in [9.17, 15) is 39.3 Å². The third kappa shape index (κ3) is 15.7. The van der Waals surface area contributed by atoms with Crippen LogP contribution in [0.2, 0.25) is 0 Å². The molecule has 3 heterocycles. The molecule has 0 spiro atoms. The number of rotatable bonds is 9. The quantitative estimate of drug-likeness (QED) is 0.0933. The lowest BCUT2D eigenvalue weighted by Crippen LogP contribution is -2.60. The van der Waals surface area contributed by atoms with Gasteiger partial charge in [-0.2, -0.15) is 11.8 Å². The van der Waals surface area contributed by atoms with Crippen LogP contribution < -0.4 is 0 Å². The van der Waals surface area contributed by atoms with Gasteiger partial charge in [0.2, 0.25) is 5.79 Å². The van der Waals surface area contributed by atoms with Gasteiger partial charge in [0.1, 0.15) is 30.1 Å². The summed E-state index contributed by atoms with van der Waals surface area (Å²) in [5.74, 6) is -7.17. The van der Waals surface area contributed by atoms with Crippen LogP contribution in [0, 0.1) is 35.5 Å². The van der Waals surface area contributed by atoms with Gasteiger partial charge in [-0.1, -0.05) is 76.6 Å². The smallest absolute Gasteiger partial charge is 0.329 e. The van der Waals surface area contributed by atoms with E-state index in [1.807, 2.05) is 58.1 Å². The Labute approximate surface area is 410 Å². The van der Waals surface area contributed by atoms with Gasteiger partial charge in [0.25, 0.3) is 11.7 Å². The van der Waals surface area contributed by atoms with E-state index in [-0.39, 0.29) is 60.1 Å². The van der Waals surface area contributed by atoms with Gasteiger partial charge >= 0.3 is 5.97 Å². The van der Waals surface area contributed by atoms with Gasteiger partial charge in [-0.15, -0.1) is 0 Å². The number of ether oxygens (including phenoxy) is 5. The zero-order chi connectivity index (χ0) is 50.3. The number of carbonyl (C=O) groups is 5. The Hall–Kier alpha value is -3.02. The van der Waals surface area contributed by atoms with E-state index in [1.54, 1.807) is 52.8 Å². The lowest BCUT2D eigenvalue weighted by Gasteiger charge is -2.43. The van der Waals surface area contributed by atoms with E-state index in [0.717, 1.165) is 12.0 Å². The van der Waals surface area contributed by atoms with Gasteiger partial charge in [0.05, 0.1) is 24.9 Å². The highest BCUT2D eigenvalue weighted by Crippen LogP contribution is 2.39. The minimum absolute atomic E-state index is 0.0245. The van der Waals surface area contributed by atoms with Gasteiger partial charge in [-0.3, -0.25) is 19.2 Å². The van der Waals surface area contributed by atoms with Gasteiger partial charge in [-0.05, 0) is 108 Å². The monoisotopic (exact) mass is 974 g/mol. The molecule has 3 N–H and O–H groups in total. The Morgan fingerprint density at radius 1 is 0.882 bits per heavy atom. The van der Waals surface area contributed by atoms with Gasteiger partial charge in [0, 0.05) is 63.1 Å². The van der Waals surface area contributed by atoms with Crippen LogP contribution in [-0.2, 0) is 47.7 Å². The van der Waals surface area contributed by atoms with Crippen LogP contribution in [0.5, 0.6) is 0 Å². The first-order valence-electron chi connectivity index (χ1n) is 25.0. The molecular weight excluding hydrogens is 891 g/mol. The summed E-state index contributed by atoms with van der Waals surface area (Å²) in [5.41, 5.74) is 1.44. The molecule has 1 unspecified atom stereocenters. The maximum Gasteiger partial charge on any atom is 0.329 e. The molecule has 15 heteroatoms. The Bertz CT molecular complexity index is 1810. The van der Waals surface area contributed by atoms with Crippen molar-refractivity contribution in [2.75, 3.05) is 40.2 Å². The van der Waals surface area contributed by atoms with Crippen LogP contribution in [0.3, 0.4) is 0 Å². The summed E-state index contributed by atoms with van der Waals surface area (Å²) in [7, 11) is 4.60. The number of aliphatic hydroxyl groups is 3. The molecule has 1 aliphatic carbocycles. The van der Waals surface area contributed by atoms with Crippen LogP contribution in [0.15, 0.2) is 47.6 Å². The molecule has 4 aliphatic rings. The second-order valence-corrected chi connectivity index (χ2v) is 21.5. The average Bonchev–Trinajstić information content (AvgIpc) is 3.31. The fourth-order valence-electron chi connectivity index (χ4n) is 10.3. The molecule has 68 heavy (non-hydrogen) atoms. The Kier molecular flexibility index (Phi) is 23.3. The molecule has 0 aromatic rings. The largest absolute Gasteiger partial charge is 0.460 e. The number of hydrogen-bond acceptors (Lipinski definition) is 14. The molecule has 0 aromatic carbocycles. The van der Waals surface area contributed by atoms with Crippen molar-refractivity contribution in [3.63, 3.8) is 0 Å². The normalized spacial score (nSPS) is 39.2. The minimum atomic E-state index is -2.41. The van der Waals surface area contributed by atoms with Crippen molar-refractivity contribution in [1.29, 1.82) is 0 Å². The molecule has 384 valence electrons. The van der Waals surface area contributed by atoms with Crippen LogP contribution in [0.4, 0.5) is 0 Å². The molecule has 2 saturated heterocycles. The zero-order valence-corrected chi connectivity index (χ0v) is 43.2. The number of Topliss-reactive ketones (excluding diaryl/α,β-unsaturated/α-hetero) is 3. The van der Waals surface area contributed by atoms with E-state index in [2.05, 4.69) is 0 Å². The number of esters is 1. The van der Waals surface area contributed by atoms with Crippen LogP contribution in [-0.4, -0.2) is 143 Å². The SMILES string of the molecule is COCCSC1C[C@@H]2CC[C@@H](C)[C@@](O)(O2)C(=O)C(=O)N2CCCC[C@H]2C(=O)O[C@H]([C@H](C)C[C@@H]2CC[C@@H](O)[C@H](OC)C2)CC(=O)[C@H](C)/C=C(\C)[C@@H](O)[C@@H](OC)C(=O)[C@H](C)C[C@H](C)/C=C/C=C/C=C/1C. The molecule has 1 saturated carbocycles. The van der Waals surface area contributed by atoms with Crippen molar-refractivity contribution in [2.45, 2.75) is 179 Å². The standard InChI is InChI=1S/C53H83NO13S/c1-32-16-12-11-13-17-33(2)46(68-25-24-63-8)30-40-21-19-38(7)53(62,67-40)50(59)51(60)54-23-15-14-18-41(54)52(61)66-44(35(4)28-39-20-22-42(55)45(29-39)64-9)31-43(56)34(3)27-37(6)48(58)49(65-10)47(57)36(5)26-32/h11-13,16-17,27,32,34-36,38-42,44-46,48-49,55,58,62H,14-15,18-26,28-31H2,1-10H3/b13-11+,16-12+,33-17+,37-27+/t32-,34-,35-,36-,38-,39+,40+,41+,42-,44+,45-,46?,48-,49+,53-/m1/s1. The number of allylic oxidation sites excluding steroid dienone is 6. The van der Waals surface area contributed by atoms with Gasteiger partial charge < -0.3 is 43.9 Å². The molecule has 4 rings (SSSR count). The first-order valence-corrected chi connectivity index (χ1v) is 26.1. The predicted octanol–water partition coefficient (Wildman–Crippen LogP) is 6.91. The molecule has 14 nitrogen and oxygen atoms in total. The number of amides is 1. The summed E-state index contributed by atoms with van der Waals surface area (Å²) in [6.45, 7) is 13.4. The highest BCUT2D eigenvalue weighted by molar-refractivity contribution is 8.00. The number of thioether (sulfide) groups is 1. The number of ketones is 3. The van der Waals surface area contributed by atoms with E-state index < -0.39 is 77.8 Å². The third-order valence-corrected chi connectivity index (χ3v) is 16.2. The summed E-state index contributed by atoms with van der Waals surface area (Å²) in [6, 6.07) is -1.14. The maximum absolute atomic E-state index is 14.4. The molecule has 15 atom stereocenters. The second kappa shape index (κ2) is 27.5. The summed E-state index contributed by atoms with van der Waals surface area (Å²) < 4.78 is 29.1. The number of cyclic esters (lactones) is 1. The zero-order valence-electron chi connectivity index (χ0n) is 42.4. The van der Waals surface area contributed by atoms with Crippen molar-refractivity contribution >= 4 is 41.0 Å². The van der Waals surface area contributed by atoms with Gasteiger partial charge in [-0.25, -0.2) is 4.79 Å². The van der Waals surface area contributed by atoms with E-state index in [0.29, 0.717) is 75.7 Å². The van der Waals surface area contributed by atoms with E-state index in [1.165, 1.54) is 12.0 Å². The lowest BCUT2D eigenvalue weighted by atomic mass is 9.78. The topological polar surface area (TPSA) is 195 Å². The number of carbonyl (C=O) groups excluding carboxylic acids is 5. The molecule has 2 bridgehead atoms. The van der Waals surface area contributed by atoms with E-state index in [4.69, 9.17) is 23.7 Å². The van der Waals surface area contributed by atoms with Crippen molar-refractivity contribution in [1.82, 2.24) is 4.90 Å². The summed E-state index contributed by atoms with van der Waals surface area (Å²) in [4.78, 5) is 72.3. The van der Waals surface area contributed by atoms with Crippen LogP contribution in [0.1, 0.15) is 126 Å². The minimum Gasteiger partial charge on any atom is -0.460 e. The highest BCUT2D eigenvalue weighted by Gasteiger charge is 2.53. The maximum atomic E-state index is 14.4. The summed E-state index contributed by atoms with van der Waals surface area (Å²) in [5, 5.41) is 34.0. The van der Waals surface area contributed by atoms with Crippen LogP contribution in [0.25, 0.3) is 0 Å². The fraction of sp³-hybridized carbons (Fsp3) is 0.755. The number of aliphatic hydroxyl groups excluding tert-OH is 2. The molecule has 0 aromatic heterocycles. The van der Waals surface area contributed by atoms with Crippen molar-refractivity contribution < 1.29 is 63.0 Å². The molecule has 3 fully saturated rings.